The Balaban J connectivity index is 1.41. The number of sulfonamides is 1. The summed E-state index contributed by atoms with van der Waals surface area (Å²) in [6, 6.07) is 3.18. The predicted molar refractivity (Wildman–Crippen MR) is 120 cm³/mol. The predicted octanol–water partition coefficient (Wildman–Crippen LogP) is 1.51. The molecule has 1 fully saturated rings. The number of carbonyl (C=O) groups is 1. The SMILES string of the molecule is COc1cc(C)c(S(=O)(=O)N2CCCCC2COCC(=O)N2CCn3ncnc3C2)c(C)c1. The van der Waals surface area contributed by atoms with Gasteiger partial charge in [-0.2, -0.15) is 9.40 Å². The summed E-state index contributed by atoms with van der Waals surface area (Å²) < 4.78 is 41.6. The Bertz CT molecular complexity index is 1090. The highest BCUT2D eigenvalue weighted by Gasteiger charge is 2.36. The highest BCUT2D eigenvalue weighted by atomic mass is 32.2. The summed E-state index contributed by atoms with van der Waals surface area (Å²) in [6.45, 7) is 5.68. The summed E-state index contributed by atoms with van der Waals surface area (Å²) in [6.07, 6.45) is 3.92. The lowest BCUT2D eigenvalue weighted by atomic mass is 10.1. The maximum absolute atomic E-state index is 13.6. The van der Waals surface area contributed by atoms with Crippen LogP contribution in [0.4, 0.5) is 0 Å². The van der Waals surface area contributed by atoms with Crippen molar-refractivity contribution in [2.24, 2.45) is 0 Å². The van der Waals surface area contributed by atoms with E-state index in [1.807, 2.05) is 0 Å². The van der Waals surface area contributed by atoms with Crippen LogP contribution >= 0.6 is 0 Å². The number of amides is 1. The van der Waals surface area contributed by atoms with E-state index in [4.69, 9.17) is 9.47 Å². The number of nitrogens with zero attached hydrogens (tertiary/aromatic N) is 5. The molecule has 180 valence electrons. The lowest BCUT2D eigenvalue weighted by Crippen LogP contribution is -2.47. The van der Waals surface area contributed by atoms with Crippen LogP contribution in [0.2, 0.25) is 0 Å². The molecule has 1 saturated heterocycles. The van der Waals surface area contributed by atoms with Crippen molar-refractivity contribution in [2.75, 3.05) is 33.4 Å². The van der Waals surface area contributed by atoms with E-state index >= 15 is 0 Å². The molecule has 0 radical (unpaired) electrons. The second kappa shape index (κ2) is 9.78. The molecule has 3 heterocycles. The average Bonchev–Trinajstić information content (AvgIpc) is 3.26. The van der Waals surface area contributed by atoms with Crippen LogP contribution in [0.5, 0.6) is 5.75 Å². The molecule has 0 saturated carbocycles. The van der Waals surface area contributed by atoms with Crippen molar-refractivity contribution in [2.45, 2.75) is 57.1 Å². The summed E-state index contributed by atoms with van der Waals surface area (Å²) in [7, 11) is -2.15. The number of ether oxygens (including phenoxy) is 2. The van der Waals surface area contributed by atoms with Crippen molar-refractivity contribution < 1.29 is 22.7 Å². The van der Waals surface area contributed by atoms with E-state index in [1.165, 1.54) is 6.33 Å². The minimum absolute atomic E-state index is 0.0842. The molecule has 33 heavy (non-hydrogen) atoms. The van der Waals surface area contributed by atoms with E-state index in [0.29, 0.717) is 54.4 Å². The summed E-state index contributed by atoms with van der Waals surface area (Å²) in [4.78, 5) is 18.8. The van der Waals surface area contributed by atoms with E-state index in [2.05, 4.69) is 10.1 Å². The maximum atomic E-state index is 13.6. The first-order chi connectivity index (χ1) is 15.8. The Kier molecular flexibility index (Phi) is 7.01. The molecule has 1 amide bonds. The fourth-order valence-electron chi connectivity index (χ4n) is 4.66. The summed E-state index contributed by atoms with van der Waals surface area (Å²) in [5.74, 6) is 1.26. The molecule has 2 aliphatic heterocycles. The van der Waals surface area contributed by atoms with Crippen LogP contribution in [0.15, 0.2) is 23.4 Å². The van der Waals surface area contributed by atoms with Gasteiger partial charge in [0.2, 0.25) is 15.9 Å². The first kappa shape index (κ1) is 23.7. The Morgan fingerprint density at radius 3 is 2.64 bits per heavy atom. The van der Waals surface area contributed by atoms with Gasteiger partial charge < -0.3 is 14.4 Å². The maximum Gasteiger partial charge on any atom is 0.249 e. The number of methoxy groups -OCH3 is 1. The van der Waals surface area contributed by atoms with E-state index in [1.54, 1.807) is 47.0 Å². The summed E-state index contributed by atoms with van der Waals surface area (Å²) in [5.41, 5.74) is 1.32. The second-order valence-electron chi connectivity index (χ2n) is 8.59. The third-order valence-corrected chi connectivity index (χ3v) is 8.57. The Morgan fingerprint density at radius 1 is 1.15 bits per heavy atom. The van der Waals surface area contributed by atoms with Gasteiger partial charge in [0, 0.05) is 19.1 Å². The number of hydrogen-bond acceptors (Lipinski definition) is 7. The third kappa shape index (κ3) is 4.90. The van der Waals surface area contributed by atoms with Gasteiger partial charge in [0.1, 0.15) is 24.5 Å². The lowest BCUT2D eigenvalue weighted by molar-refractivity contribution is -0.138. The fourth-order valence-corrected chi connectivity index (χ4v) is 6.75. The van der Waals surface area contributed by atoms with Crippen LogP contribution in [0.25, 0.3) is 0 Å². The molecular weight excluding hydrogens is 446 g/mol. The summed E-state index contributed by atoms with van der Waals surface area (Å²) in [5, 5.41) is 4.12. The van der Waals surface area contributed by atoms with Gasteiger partial charge in [-0.25, -0.2) is 18.1 Å². The minimum Gasteiger partial charge on any atom is -0.497 e. The quantitative estimate of drug-likeness (QED) is 0.595. The van der Waals surface area contributed by atoms with Crippen molar-refractivity contribution in [3.63, 3.8) is 0 Å². The number of aryl methyl sites for hydroxylation is 2. The highest BCUT2D eigenvalue weighted by Crippen LogP contribution is 2.32. The van der Waals surface area contributed by atoms with Crippen LogP contribution in [0, 0.1) is 13.8 Å². The largest absolute Gasteiger partial charge is 0.497 e. The van der Waals surface area contributed by atoms with Gasteiger partial charge in [-0.1, -0.05) is 6.42 Å². The fraction of sp³-hybridized carbons (Fsp3) is 0.591. The Morgan fingerprint density at radius 2 is 1.91 bits per heavy atom. The zero-order valence-electron chi connectivity index (χ0n) is 19.4. The number of hydrogen-bond donors (Lipinski definition) is 0. The molecule has 1 aromatic carbocycles. The van der Waals surface area contributed by atoms with E-state index in [-0.39, 0.29) is 25.2 Å². The third-order valence-electron chi connectivity index (χ3n) is 6.31. The topological polar surface area (TPSA) is 107 Å². The van der Waals surface area contributed by atoms with E-state index < -0.39 is 10.0 Å². The van der Waals surface area contributed by atoms with E-state index in [0.717, 1.165) is 18.7 Å². The van der Waals surface area contributed by atoms with Crippen molar-refractivity contribution in [3.05, 3.63) is 35.4 Å². The van der Waals surface area contributed by atoms with Gasteiger partial charge in [0.15, 0.2) is 0 Å². The zero-order chi connectivity index (χ0) is 23.6. The van der Waals surface area contributed by atoms with Crippen molar-refractivity contribution in [1.29, 1.82) is 0 Å². The van der Waals surface area contributed by atoms with Gasteiger partial charge in [0.25, 0.3) is 0 Å². The van der Waals surface area contributed by atoms with Gasteiger partial charge in [0.05, 0.1) is 31.7 Å². The van der Waals surface area contributed by atoms with Gasteiger partial charge >= 0.3 is 0 Å². The normalized spacial score (nSPS) is 19.4. The molecule has 1 aromatic heterocycles. The van der Waals surface area contributed by atoms with Crippen LogP contribution in [-0.4, -0.2) is 77.7 Å². The van der Waals surface area contributed by atoms with Gasteiger partial charge in [-0.3, -0.25) is 4.79 Å². The molecule has 4 rings (SSSR count). The molecule has 0 aliphatic carbocycles. The van der Waals surface area contributed by atoms with Crippen LogP contribution in [0.3, 0.4) is 0 Å². The molecule has 1 unspecified atom stereocenters. The standard InChI is InChI=1S/C22H31N5O5S/c1-16-10-19(31-3)11-17(2)22(16)33(29,30)27-7-5-4-6-18(27)13-32-14-21(28)25-8-9-26-20(12-25)23-15-24-26/h10-11,15,18H,4-9,12-14H2,1-3H3. The van der Waals surface area contributed by atoms with Crippen molar-refractivity contribution in [3.8, 4) is 5.75 Å². The van der Waals surface area contributed by atoms with Gasteiger partial charge in [-0.15, -0.1) is 0 Å². The summed E-state index contributed by atoms with van der Waals surface area (Å²) >= 11 is 0. The number of piperidine rings is 1. The number of aromatic nitrogens is 3. The average molecular weight is 478 g/mol. The lowest BCUT2D eigenvalue weighted by Gasteiger charge is -2.35. The molecule has 10 nitrogen and oxygen atoms in total. The van der Waals surface area contributed by atoms with E-state index in [9.17, 15) is 13.2 Å². The van der Waals surface area contributed by atoms with Crippen molar-refractivity contribution >= 4 is 15.9 Å². The first-order valence-corrected chi connectivity index (χ1v) is 12.6. The molecule has 2 aliphatic rings. The molecule has 0 N–H and O–H groups in total. The number of fused-ring (bicyclic) bond motifs is 1. The number of benzene rings is 1. The monoisotopic (exact) mass is 477 g/mol. The minimum atomic E-state index is -3.71. The number of rotatable bonds is 7. The molecule has 0 bridgehead atoms. The molecular formula is C22H31N5O5S. The molecule has 11 heteroatoms. The smallest absolute Gasteiger partial charge is 0.249 e. The second-order valence-corrected chi connectivity index (χ2v) is 10.4. The Labute approximate surface area is 194 Å². The first-order valence-electron chi connectivity index (χ1n) is 11.2. The Hall–Kier alpha value is -2.50. The highest BCUT2D eigenvalue weighted by molar-refractivity contribution is 7.89. The van der Waals surface area contributed by atoms with Crippen LogP contribution < -0.4 is 4.74 Å². The number of carbonyl (C=O) groups excluding carboxylic acids is 1. The van der Waals surface area contributed by atoms with Crippen molar-refractivity contribution in [1.82, 2.24) is 24.0 Å². The zero-order valence-corrected chi connectivity index (χ0v) is 20.2. The van der Waals surface area contributed by atoms with Crippen LogP contribution in [-0.2, 0) is 32.6 Å². The molecule has 2 aromatic rings. The molecule has 1 atom stereocenters. The molecule has 0 spiro atoms. The van der Waals surface area contributed by atoms with Gasteiger partial charge in [-0.05, 0) is 49.9 Å². The van der Waals surface area contributed by atoms with Crippen LogP contribution in [0.1, 0.15) is 36.2 Å².